The topological polar surface area (TPSA) is 30.0 Å². The molecule has 0 aliphatic heterocycles. The van der Waals surface area contributed by atoms with E-state index < -0.39 is 38.7 Å². The maximum atomic E-state index is 13.4. The zero-order valence-corrected chi connectivity index (χ0v) is 11.8. The van der Waals surface area contributed by atoms with Crippen LogP contribution >= 0.6 is 22.9 Å². The summed E-state index contributed by atoms with van der Waals surface area (Å²) < 4.78 is 76.3. The van der Waals surface area contributed by atoms with Crippen LogP contribution in [0.5, 0.6) is 0 Å². The van der Waals surface area contributed by atoms with Crippen molar-refractivity contribution >= 4 is 28.7 Å². The fourth-order valence-electron chi connectivity index (χ4n) is 1.53. The normalized spacial score (nSPS) is 12.5. The predicted octanol–water partition coefficient (Wildman–Crippen LogP) is 4.82. The van der Waals surface area contributed by atoms with Gasteiger partial charge in [-0.15, -0.1) is 0 Å². The molecule has 2 aromatic rings. The number of carbonyl (C=O) groups is 1. The molecule has 0 bridgehead atoms. The van der Waals surface area contributed by atoms with Gasteiger partial charge in [-0.2, -0.15) is 22.0 Å². The van der Waals surface area contributed by atoms with Crippen molar-refractivity contribution in [1.29, 1.82) is 0 Å². The molecule has 0 radical (unpaired) electrons. The van der Waals surface area contributed by atoms with Crippen molar-refractivity contribution in [2.45, 2.75) is 12.1 Å². The summed E-state index contributed by atoms with van der Waals surface area (Å²) in [4.78, 5) is 14.0. The van der Waals surface area contributed by atoms with Gasteiger partial charge in [-0.1, -0.05) is 22.9 Å². The van der Waals surface area contributed by atoms with Gasteiger partial charge in [0.05, 0.1) is 0 Å². The quantitative estimate of drug-likeness (QED) is 0.581. The molecule has 0 aliphatic carbocycles. The summed E-state index contributed by atoms with van der Waals surface area (Å²) in [6.45, 7) is 0. The molecule has 0 spiro atoms. The summed E-state index contributed by atoms with van der Waals surface area (Å²) in [6.07, 6.45) is -5.93. The molecule has 0 fully saturated rings. The van der Waals surface area contributed by atoms with Crippen LogP contribution in [0.2, 0.25) is 4.47 Å². The average Bonchev–Trinajstić information content (AvgIpc) is 2.80. The first-order valence-corrected chi connectivity index (χ1v) is 6.65. The summed E-state index contributed by atoms with van der Waals surface area (Å²) in [5, 5.41) is 0. The Bertz CT molecular complexity index is 709. The molecule has 0 N–H and O–H groups in total. The Morgan fingerprint density at radius 2 is 1.64 bits per heavy atom. The van der Waals surface area contributed by atoms with Crippen LogP contribution in [0.4, 0.5) is 26.3 Å². The van der Waals surface area contributed by atoms with Gasteiger partial charge in [0.1, 0.15) is 16.4 Å². The van der Waals surface area contributed by atoms with Gasteiger partial charge in [-0.3, -0.25) is 4.79 Å². The molecule has 118 valence electrons. The van der Waals surface area contributed by atoms with E-state index >= 15 is 0 Å². The lowest BCUT2D eigenvalue weighted by atomic mass is 10.1. The number of aromatic nitrogens is 1. The first-order valence-electron chi connectivity index (χ1n) is 5.45. The maximum absolute atomic E-state index is 13.4. The van der Waals surface area contributed by atoms with Crippen LogP contribution in [0.3, 0.4) is 0 Å². The number of benzene rings is 1. The predicted molar refractivity (Wildman–Crippen MR) is 66.9 cm³/mol. The fraction of sp³-hybridized carbons (Fsp3) is 0.167. The van der Waals surface area contributed by atoms with Gasteiger partial charge >= 0.3 is 12.1 Å². The molecule has 10 heteroatoms. The highest BCUT2D eigenvalue weighted by molar-refractivity contribution is 7.17. The number of ketones is 1. The van der Waals surface area contributed by atoms with Gasteiger partial charge in [0, 0.05) is 5.56 Å². The molecule has 0 atom stereocenters. The third-order valence-electron chi connectivity index (χ3n) is 2.57. The Kier molecular flexibility index (Phi) is 4.22. The van der Waals surface area contributed by atoms with Crippen LogP contribution in [0, 0.1) is 5.82 Å². The van der Waals surface area contributed by atoms with E-state index in [1.807, 2.05) is 0 Å². The third kappa shape index (κ3) is 2.95. The first-order chi connectivity index (χ1) is 10.0. The van der Waals surface area contributed by atoms with E-state index in [0.717, 1.165) is 24.3 Å². The van der Waals surface area contributed by atoms with Crippen molar-refractivity contribution in [3.63, 3.8) is 0 Å². The molecule has 1 heterocycles. The van der Waals surface area contributed by atoms with E-state index in [0.29, 0.717) is 0 Å². The van der Waals surface area contributed by atoms with Crippen molar-refractivity contribution in [1.82, 2.24) is 4.98 Å². The lowest BCUT2D eigenvalue weighted by Gasteiger charge is -2.18. The SMILES string of the molecule is O=C(c1ccc(F)cc1)c1sc(Cl)nc1C(F)(F)C(F)(F)F. The number of rotatable bonds is 3. The molecule has 22 heavy (non-hydrogen) atoms. The fourth-order valence-corrected chi connectivity index (χ4v) is 2.63. The van der Waals surface area contributed by atoms with Gasteiger partial charge in [0.15, 0.2) is 4.47 Å². The molecule has 1 aromatic heterocycles. The molecular formula is C12H4ClF6NOS. The van der Waals surface area contributed by atoms with Crippen LogP contribution < -0.4 is 0 Å². The Labute approximate surface area is 128 Å². The van der Waals surface area contributed by atoms with Gasteiger partial charge in [-0.05, 0) is 24.3 Å². The Balaban J connectivity index is 2.53. The second-order valence-corrected chi connectivity index (χ2v) is 5.63. The molecule has 0 saturated carbocycles. The smallest absolute Gasteiger partial charge is 0.288 e. The highest BCUT2D eigenvalue weighted by Gasteiger charge is 2.61. The van der Waals surface area contributed by atoms with Gasteiger partial charge < -0.3 is 0 Å². The average molecular weight is 360 g/mol. The van der Waals surface area contributed by atoms with Crippen molar-refractivity contribution < 1.29 is 31.1 Å². The molecule has 2 rings (SSSR count). The first kappa shape index (κ1) is 16.8. The Hall–Kier alpha value is -1.61. The van der Waals surface area contributed by atoms with Crippen LogP contribution in [0.1, 0.15) is 20.9 Å². The number of halogens is 7. The van der Waals surface area contributed by atoms with Crippen LogP contribution in [0.25, 0.3) is 0 Å². The number of thiazole rings is 1. The number of nitrogens with zero attached hydrogens (tertiary/aromatic N) is 1. The summed E-state index contributed by atoms with van der Waals surface area (Å²) >= 11 is 5.57. The standard InChI is InChI=1S/C12H4ClF6NOS/c13-10-20-9(11(15,16)12(17,18)19)8(22-10)7(21)5-1-3-6(14)4-2-5/h1-4H. The monoisotopic (exact) mass is 359 g/mol. The van der Waals surface area contributed by atoms with E-state index in [2.05, 4.69) is 4.98 Å². The number of hydrogen-bond donors (Lipinski definition) is 0. The zero-order valence-electron chi connectivity index (χ0n) is 10.2. The highest BCUT2D eigenvalue weighted by Crippen LogP contribution is 2.46. The van der Waals surface area contributed by atoms with Crippen LogP contribution in [-0.2, 0) is 5.92 Å². The molecule has 0 amide bonds. The second kappa shape index (κ2) is 5.54. The van der Waals surface area contributed by atoms with Gasteiger partial charge in [0.2, 0.25) is 5.78 Å². The van der Waals surface area contributed by atoms with Crippen molar-refractivity contribution in [3.05, 3.63) is 50.7 Å². The summed E-state index contributed by atoms with van der Waals surface area (Å²) in [5.74, 6) is -7.18. The Morgan fingerprint density at radius 1 is 1.09 bits per heavy atom. The zero-order chi connectivity index (χ0) is 16.7. The third-order valence-corrected chi connectivity index (χ3v) is 3.73. The van der Waals surface area contributed by atoms with Gasteiger partial charge in [-0.25, -0.2) is 9.37 Å². The summed E-state index contributed by atoms with van der Waals surface area (Å²) in [7, 11) is 0. The maximum Gasteiger partial charge on any atom is 0.459 e. The van der Waals surface area contributed by atoms with E-state index in [4.69, 9.17) is 11.6 Å². The van der Waals surface area contributed by atoms with Gasteiger partial charge in [0.25, 0.3) is 0 Å². The number of alkyl halides is 5. The van der Waals surface area contributed by atoms with E-state index in [1.165, 1.54) is 0 Å². The molecule has 0 aliphatic rings. The summed E-state index contributed by atoms with van der Waals surface area (Å²) in [5.41, 5.74) is -2.02. The summed E-state index contributed by atoms with van der Waals surface area (Å²) in [6, 6.07) is 3.66. The minimum absolute atomic E-state index is 0.196. The van der Waals surface area contributed by atoms with E-state index in [1.54, 1.807) is 0 Å². The number of hydrogen-bond acceptors (Lipinski definition) is 3. The minimum Gasteiger partial charge on any atom is -0.288 e. The van der Waals surface area contributed by atoms with E-state index in [9.17, 15) is 31.1 Å². The second-order valence-electron chi connectivity index (χ2n) is 4.05. The highest BCUT2D eigenvalue weighted by atomic mass is 35.5. The van der Waals surface area contributed by atoms with Crippen molar-refractivity contribution in [3.8, 4) is 0 Å². The van der Waals surface area contributed by atoms with E-state index in [-0.39, 0.29) is 16.9 Å². The molecule has 0 saturated heterocycles. The minimum atomic E-state index is -5.93. The van der Waals surface area contributed by atoms with Crippen LogP contribution in [-0.4, -0.2) is 16.9 Å². The largest absolute Gasteiger partial charge is 0.459 e. The number of carbonyl (C=O) groups excluding carboxylic acids is 1. The lowest BCUT2D eigenvalue weighted by Crippen LogP contribution is -2.35. The molecule has 0 unspecified atom stereocenters. The molecular weight excluding hydrogens is 356 g/mol. The lowest BCUT2D eigenvalue weighted by molar-refractivity contribution is -0.290. The van der Waals surface area contributed by atoms with Crippen molar-refractivity contribution in [2.24, 2.45) is 0 Å². The molecule has 1 aromatic carbocycles. The van der Waals surface area contributed by atoms with Crippen molar-refractivity contribution in [2.75, 3.05) is 0 Å². The Morgan fingerprint density at radius 3 is 2.14 bits per heavy atom. The molecule has 2 nitrogen and oxygen atoms in total. The van der Waals surface area contributed by atoms with Crippen LogP contribution in [0.15, 0.2) is 24.3 Å².